The first-order valence-corrected chi connectivity index (χ1v) is 22.2. The maximum Gasteiger partial charge on any atom is 0.469 e. The standard InChI is InChI=1S/C41H77O8P/c1-3-5-7-9-11-13-15-17-18-19-20-21-22-24-25-27-29-31-33-35-40(42)47-37-39(38-48-50(44,45)46)49-41(43)36-34-32-30-28-26-23-16-14-12-10-8-6-4-2/h14,16-18,39H,3-13,15,19-38H2,1-2H3,(H2,44,45,46)/b16-14+,18-17+/t39-/m1/s1. The van der Waals surface area contributed by atoms with Gasteiger partial charge in [0.05, 0.1) is 6.61 Å². The number of ether oxygens (including phenoxy) is 2. The summed E-state index contributed by atoms with van der Waals surface area (Å²) in [6.45, 7) is 3.66. The van der Waals surface area contributed by atoms with E-state index in [0.29, 0.717) is 6.42 Å². The van der Waals surface area contributed by atoms with Gasteiger partial charge in [-0.05, 0) is 64.2 Å². The monoisotopic (exact) mass is 729 g/mol. The molecule has 0 saturated heterocycles. The number of carbonyl (C=O) groups is 2. The van der Waals surface area contributed by atoms with Gasteiger partial charge >= 0.3 is 19.8 Å². The fourth-order valence-corrected chi connectivity index (χ4v) is 6.19. The third-order valence-corrected chi connectivity index (χ3v) is 9.43. The molecule has 0 amide bonds. The van der Waals surface area contributed by atoms with Crippen LogP contribution in [-0.4, -0.2) is 41.0 Å². The number of rotatable bonds is 38. The summed E-state index contributed by atoms with van der Waals surface area (Å²) in [7, 11) is -4.75. The molecule has 294 valence electrons. The van der Waals surface area contributed by atoms with Gasteiger partial charge in [-0.15, -0.1) is 0 Å². The van der Waals surface area contributed by atoms with E-state index >= 15 is 0 Å². The Bertz CT molecular complexity index is 869. The van der Waals surface area contributed by atoms with Gasteiger partial charge in [0.25, 0.3) is 0 Å². The molecule has 0 bridgehead atoms. The molecule has 50 heavy (non-hydrogen) atoms. The molecule has 0 fully saturated rings. The van der Waals surface area contributed by atoms with Crippen LogP contribution in [0.3, 0.4) is 0 Å². The van der Waals surface area contributed by atoms with Crippen molar-refractivity contribution in [3.8, 4) is 0 Å². The van der Waals surface area contributed by atoms with Gasteiger partial charge in [0, 0.05) is 12.8 Å². The number of unbranched alkanes of at least 4 members (excludes halogenated alkanes) is 24. The number of allylic oxidation sites excluding steroid dienone is 4. The van der Waals surface area contributed by atoms with Crippen molar-refractivity contribution < 1.29 is 37.9 Å². The lowest BCUT2D eigenvalue weighted by atomic mass is 10.1. The van der Waals surface area contributed by atoms with Crippen LogP contribution >= 0.6 is 7.82 Å². The lowest BCUT2D eigenvalue weighted by Gasteiger charge is -2.18. The van der Waals surface area contributed by atoms with E-state index in [1.165, 1.54) is 122 Å². The van der Waals surface area contributed by atoms with Crippen molar-refractivity contribution in [1.29, 1.82) is 0 Å². The second-order valence-corrected chi connectivity index (χ2v) is 15.2. The van der Waals surface area contributed by atoms with Crippen LogP contribution in [0.25, 0.3) is 0 Å². The molecule has 1 atom stereocenters. The van der Waals surface area contributed by atoms with Crippen LogP contribution in [0.4, 0.5) is 0 Å². The Hall–Kier alpha value is -1.47. The van der Waals surface area contributed by atoms with E-state index in [1.807, 2.05) is 0 Å². The highest BCUT2D eigenvalue weighted by molar-refractivity contribution is 7.46. The largest absolute Gasteiger partial charge is 0.469 e. The number of hydrogen-bond donors (Lipinski definition) is 2. The maximum absolute atomic E-state index is 12.4. The summed E-state index contributed by atoms with van der Waals surface area (Å²) < 4.78 is 26.3. The molecular formula is C41H77O8P. The summed E-state index contributed by atoms with van der Waals surface area (Å²) in [6, 6.07) is 0. The molecule has 0 aromatic carbocycles. The Balaban J connectivity index is 3.89. The maximum atomic E-state index is 12.4. The number of esters is 2. The van der Waals surface area contributed by atoms with E-state index in [4.69, 9.17) is 19.3 Å². The summed E-state index contributed by atoms with van der Waals surface area (Å²) in [5.74, 6) is -0.892. The van der Waals surface area contributed by atoms with Crippen molar-refractivity contribution in [1.82, 2.24) is 0 Å². The molecule has 0 aliphatic carbocycles. The van der Waals surface area contributed by atoms with Crippen LogP contribution in [0.2, 0.25) is 0 Å². The first kappa shape index (κ1) is 48.5. The highest BCUT2D eigenvalue weighted by Crippen LogP contribution is 2.36. The molecule has 8 nitrogen and oxygen atoms in total. The van der Waals surface area contributed by atoms with Crippen LogP contribution in [0.15, 0.2) is 24.3 Å². The van der Waals surface area contributed by atoms with Gasteiger partial charge in [0.15, 0.2) is 6.10 Å². The van der Waals surface area contributed by atoms with Crippen LogP contribution in [0.1, 0.15) is 206 Å². The van der Waals surface area contributed by atoms with Crippen molar-refractivity contribution in [2.45, 2.75) is 213 Å². The first-order valence-electron chi connectivity index (χ1n) is 20.6. The SMILES string of the molecule is CCCCCC/C=C/CCCCCCCC(=O)O[C@H](COC(=O)CCCCCCCCCCC/C=C/CCCCCCCC)COP(=O)(O)O. The summed E-state index contributed by atoms with van der Waals surface area (Å²) in [6.07, 6.45) is 41.8. The molecule has 0 aromatic heterocycles. The van der Waals surface area contributed by atoms with E-state index in [2.05, 4.69) is 42.7 Å². The van der Waals surface area contributed by atoms with Gasteiger partial charge < -0.3 is 19.3 Å². The number of carbonyl (C=O) groups excluding carboxylic acids is 2. The predicted octanol–water partition coefficient (Wildman–Crippen LogP) is 12.4. The van der Waals surface area contributed by atoms with Crippen LogP contribution in [0.5, 0.6) is 0 Å². The Morgan fingerprint density at radius 3 is 1.24 bits per heavy atom. The third kappa shape index (κ3) is 39.3. The second-order valence-electron chi connectivity index (χ2n) is 14.0. The van der Waals surface area contributed by atoms with Crippen LogP contribution in [-0.2, 0) is 28.2 Å². The lowest BCUT2D eigenvalue weighted by molar-refractivity contribution is -0.161. The van der Waals surface area contributed by atoms with Crippen LogP contribution in [0, 0.1) is 0 Å². The zero-order valence-electron chi connectivity index (χ0n) is 32.3. The molecule has 0 rings (SSSR count). The zero-order chi connectivity index (χ0) is 36.8. The van der Waals surface area contributed by atoms with Gasteiger partial charge in [-0.1, -0.05) is 154 Å². The molecule has 0 heterocycles. The minimum atomic E-state index is -4.75. The fraction of sp³-hybridized carbons (Fsp3) is 0.854. The Labute approximate surface area is 307 Å². The molecule has 2 N–H and O–H groups in total. The van der Waals surface area contributed by atoms with E-state index in [1.54, 1.807) is 0 Å². The molecular weight excluding hydrogens is 651 g/mol. The minimum absolute atomic E-state index is 0.203. The average Bonchev–Trinajstić information content (AvgIpc) is 3.08. The van der Waals surface area contributed by atoms with Gasteiger partial charge in [-0.2, -0.15) is 0 Å². The number of phosphoric ester groups is 1. The fourth-order valence-electron chi connectivity index (χ4n) is 5.83. The Morgan fingerprint density at radius 2 is 0.840 bits per heavy atom. The molecule has 0 aliphatic heterocycles. The molecule has 0 aromatic rings. The molecule has 0 saturated carbocycles. The highest BCUT2D eigenvalue weighted by Gasteiger charge is 2.22. The second kappa shape index (κ2) is 37.3. The molecule has 0 aliphatic rings. The summed E-state index contributed by atoms with van der Waals surface area (Å²) in [5, 5.41) is 0. The van der Waals surface area contributed by atoms with Crippen molar-refractivity contribution in [3.63, 3.8) is 0 Å². The quantitative estimate of drug-likeness (QED) is 0.0279. The van der Waals surface area contributed by atoms with E-state index in [-0.39, 0.29) is 19.4 Å². The summed E-state index contributed by atoms with van der Waals surface area (Å²) >= 11 is 0. The van der Waals surface area contributed by atoms with E-state index in [0.717, 1.165) is 51.4 Å². The molecule has 9 heteroatoms. The van der Waals surface area contributed by atoms with Crippen molar-refractivity contribution >= 4 is 19.8 Å². The summed E-state index contributed by atoms with van der Waals surface area (Å²) in [4.78, 5) is 42.8. The molecule has 0 spiro atoms. The Morgan fingerprint density at radius 1 is 0.500 bits per heavy atom. The third-order valence-electron chi connectivity index (χ3n) is 8.94. The zero-order valence-corrected chi connectivity index (χ0v) is 33.2. The van der Waals surface area contributed by atoms with Gasteiger partial charge in [0.2, 0.25) is 0 Å². The van der Waals surface area contributed by atoms with Crippen molar-refractivity contribution in [2.24, 2.45) is 0 Å². The Kier molecular flexibility index (Phi) is 36.2. The van der Waals surface area contributed by atoms with Crippen molar-refractivity contribution in [2.75, 3.05) is 13.2 Å². The minimum Gasteiger partial charge on any atom is -0.462 e. The van der Waals surface area contributed by atoms with E-state index < -0.39 is 32.5 Å². The van der Waals surface area contributed by atoms with Crippen LogP contribution < -0.4 is 0 Å². The predicted molar refractivity (Wildman–Crippen MR) is 207 cm³/mol. The van der Waals surface area contributed by atoms with E-state index in [9.17, 15) is 14.2 Å². The van der Waals surface area contributed by atoms with Gasteiger partial charge in [-0.25, -0.2) is 4.57 Å². The first-order chi connectivity index (χ1) is 24.3. The highest BCUT2D eigenvalue weighted by atomic mass is 31.2. The topological polar surface area (TPSA) is 119 Å². The smallest absolute Gasteiger partial charge is 0.462 e. The normalized spacial score (nSPS) is 12.6. The average molecular weight is 729 g/mol. The van der Waals surface area contributed by atoms with Crippen molar-refractivity contribution in [3.05, 3.63) is 24.3 Å². The van der Waals surface area contributed by atoms with Gasteiger partial charge in [-0.3, -0.25) is 14.1 Å². The molecule has 0 radical (unpaired) electrons. The van der Waals surface area contributed by atoms with Gasteiger partial charge in [0.1, 0.15) is 6.61 Å². The number of hydrogen-bond acceptors (Lipinski definition) is 6. The lowest BCUT2D eigenvalue weighted by Crippen LogP contribution is -2.29. The number of phosphoric acid groups is 1. The molecule has 0 unspecified atom stereocenters. The summed E-state index contributed by atoms with van der Waals surface area (Å²) in [5.41, 5.74) is 0.